The summed E-state index contributed by atoms with van der Waals surface area (Å²) in [5.41, 5.74) is 1.08. The average molecular weight is 442 g/mol. The first-order valence-electron chi connectivity index (χ1n) is 10.3. The van der Waals surface area contributed by atoms with Crippen LogP contribution in [0, 0.1) is 5.92 Å². The van der Waals surface area contributed by atoms with E-state index in [1.165, 1.54) is 20.3 Å². The van der Waals surface area contributed by atoms with E-state index in [-0.39, 0.29) is 4.90 Å². The van der Waals surface area contributed by atoms with Crippen LogP contribution in [0.3, 0.4) is 0 Å². The number of hydrogen-bond acceptors (Lipinski definition) is 5. The summed E-state index contributed by atoms with van der Waals surface area (Å²) >= 11 is 0. The Balaban J connectivity index is 1.46. The molecule has 1 aromatic heterocycles. The highest BCUT2D eigenvalue weighted by atomic mass is 32.2. The molecule has 0 aliphatic carbocycles. The molecule has 8 heteroatoms. The topological polar surface area (TPSA) is 73.7 Å². The molecule has 0 spiro atoms. The van der Waals surface area contributed by atoms with Gasteiger partial charge < -0.3 is 14.0 Å². The summed E-state index contributed by atoms with van der Waals surface area (Å²) in [7, 11) is -0.673. The molecular weight excluding hydrogens is 414 g/mol. The van der Waals surface area contributed by atoms with Crippen molar-refractivity contribution in [1.29, 1.82) is 0 Å². The van der Waals surface area contributed by atoms with Crippen molar-refractivity contribution < 1.29 is 17.9 Å². The number of rotatable bonds is 7. The predicted octanol–water partition coefficient (Wildman–Crippen LogP) is 3.67. The minimum Gasteiger partial charge on any atom is -0.497 e. The number of aromatic nitrogens is 2. The maximum absolute atomic E-state index is 13.3. The van der Waals surface area contributed by atoms with Crippen LogP contribution in [-0.2, 0) is 16.6 Å². The number of methoxy groups -OCH3 is 2. The summed E-state index contributed by atoms with van der Waals surface area (Å²) in [5, 5.41) is 0. The normalized spacial score (nSPS) is 15.7. The highest BCUT2D eigenvalue weighted by molar-refractivity contribution is 7.89. The first-order valence-corrected chi connectivity index (χ1v) is 11.8. The minimum atomic E-state index is -3.66. The number of sulfonamides is 1. The van der Waals surface area contributed by atoms with Crippen molar-refractivity contribution in [3.8, 4) is 22.9 Å². The molecule has 3 aromatic rings. The number of nitrogens with zero attached hydrogens (tertiary/aromatic N) is 3. The second-order valence-electron chi connectivity index (χ2n) is 7.63. The molecule has 0 unspecified atom stereocenters. The lowest BCUT2D eigenvalue weighted by Gasteiger charge is -2.32. The van der Waals surface area contributed by atoms with Crippen LogP contribution in [0.1, 0.15) is 12.8 Å². The van der Waals surface area contributed by atoms with Gasteiger partial charge in [0.1, 0.15) is 22.2 Å². The Morgan fingerprint density at radius 2 is 1.77 bits per heavy atom. The summed E-state index contributed by atoms with van der Waals surface area (Å²) in [6.45, 7) is 1.77. The van der Waals surface area contributed by atoms with Crippen LogP contribution < -0.4 is 9.47 Å². The van der Waals surface area contributed by atoms with Gasteiger partial charge in [-0.25, -0.2) is 13.4 Å². The number of piperidine rings is 1. The summed E-state index contributed by atoms with van der Waals surface area (Å²) in [6, 6.07) is 14.9. The molecule has 4 rings (SSSR count). The van der Waals surface area contributed by atoms with Crippen LogP contribution in [0.4, 0.5) is 0 Å². The molecule has 0 atom stereocenters. The Morgan fingerprint density at radius 3 is 2.45 bits per heavy atom. The Hall–Kier alpha value is -2.84. The fourth-order valence-electron chi connectivity index (χ4n) is 4.04. The third kappa shape index (κ3) is 4.45. The molecule has 0 N–H and O–H groups in total. The third-order valence-electron chi connectivity index (χ3n) is 5.76. The van der Waals surface area contributed by atoms with Gasteiger partial charge in [0, 0.05) is 43.7 Å². The highest BCUT2D eigenvalue weighted by Crippen LogP contribution is 2.33. The van der Waals surface area contributed by atoms with E-state index in [1.807, 2.05) is 30.6 Å². The second kappa shape index (κ2) is 9.11. The average Bonchev–Trinajstić information content (AvgIpc) is 3.27. The molecule has 1 saturated heterocycles. The molecule has 2 aromatic carbocycles. The highest BCUT2D eigenvalue weighted by Gasteiger charge is 2.32. The quantitative estimate of drug-likeness (QED) is 0.559. The van der Waals surface area contributed by atoms with Crippen molar-refractivity contribution in [3.63, 3.8) is 0 Å². The number of hydrogen-bond donors (Lipinski definition) is 0. The standard InChI is InChI=1S/C23H27N3O4S/c1-29-20-8-9-21(30-2)22(16-20)31(27,28)26-13-10-18(11-14-26)17-25-15-12-24-23(25)19-6-4-3-5-7-19/h3-9,12,15-16,18H,10-11,13-14,17H2,1-2H3. The van der Waals surface area contributed by atoms with E-state index in [2.05, 4.69) is 21.7 Å². The fourth-order valence-corrected chi connectivity index (χ4v) is 5.68. The molecule has 31 heavy (non-hydrogen) atoms. The van der Waals surface area contributed by atoms with Gasteiger partial charge in [0.05, 0.1) is 14.2 Å². The van der Waals surface area contributed by atoms with Crippen molar-refractivity contribution in [1.82, 2.24) is 13.9 Å². The van der Waals surface area contributed by atoms with E-state index in [1.54, 1.807) is 16.4 Å². The Labute approximate surface area is 183 Å². The van der Waals surface area contributed by atoms with Crippen LogP contribution in [0.15, 0.2) is 65.8 Å². The van der Waals surface area contributed by atoms with Gasteiger partial charge in [-0.3, -0.25) is 0 Å². The van der Waals surface area contributed by atoms with Crippen molar-refractivity contribution in [2.45, 2.75) is 24.3 Å². The maximum atomic E-state index is 13.3. The summed E-state index contributed by atoms with van der Waals surface area (Å²) in [6.07, 6.45) is 5.39. The molecule has 0 bridgehead atoms. The zero-order chi connectivity index (χ0) is 21.8. The predicted molar refractivity (Wildman–Crippen MR) is 119 cm³/mol. The molecule has 0 radical (unpaired) electrons. The minimum absolute atomic E-state index is 0.147. The smallest absolute Gasteiger partial charge is 0.246 e. The Bertz CT molecular complexity index is 1120. The van der Waals surface area contributed by atoms with E-state index in [0.717, 1.165) is 30.8 Å². The lowest BCUT2D eigenvalue weighted by molar-refractivity contribution is 0.253. The molecule has 2 heterocycles. The summed E-state index contributed by atoms with van der Waals surface area (Å²) < 4.78 is 40.8. The molecule has 1 aliphatic heterocycles. The van der Waals surface area contributed by atoms with Gasteiger partial charge in [-0.05, 0) is 30.9 Å². The fraction of sp³-hybridized carbons (Fsp3) is 0.348. The van der Waals surface area contributed by atoms with Crippen LogP contribution in [0.2, 0.25) is 0 Å². The van der Waals surface area contributed by atoms with Gasteiger partial charge in [0.15, 0.2) is 0 Å². The van der Waals surface area contributed by atoms with Gasteiger partial charge >= 0.3 is 0 Å². The van der Waals surface area contributed by atoms with E-state index in [0.29, 0.717) is 30.5 Å². The third-order valence-corrected chi connectivity index (χ3v) is 7.68. The summed E-state index contributed by atoms with van der Waals surface area (Å²) in [4.78, 5) is 4.66. The Kier molecular flexibility index (Phi) is 6.29. The molecule has 164 valence electrons. The van der Waals surface area contributed by atoms with E-state index < -0.39 is 10.0 Å². The maximum Gasteiger partial charge on any atom is 0.246 e. The number of benzene rings is 2. The molecule has 1 aliphatic rings. The van der Waals surface area contributed by atoms with Crippen molar-refractivity contribution in [3.05, 3.63) is 60.9 Å². The van der Waals surface area contributed by atoms with Gasteiger partial charge in [0.25, 0.3) is 0 Å². The van der Waals surface area contributed by atoms with Gasteiger partial charge in [-0.1, -0.05) is 30.3 Å². The number of ether oxygens (including phenoxy) is 2. The van der Waals surface area contributed by atoms with Crippen molar-refractivity contribution >= 4 is 10.0 Å². The summed E-state index contributed by atoms with van der Waals surface area (Å²) in [5.74, 6) is 2.14. The molecular formula is C23H27N3O4S. The first-order chi connectivity index (χ1) is 15.0. The molecule has 1 fully saturated rings. The van der Waals surface area contributed by atoms with Crippen LogP contribution >= 0.6 is 0 Å². The SMILES string of the molecule is COc1ccc(OC)c(S(=O)(=O)N2CCC(Cn3ccnc3-c3ccccc3)CC2)c1. The van der Waals surface area contributed by atoms with Crippen LogP contribution in [0.25, 0.3) is 11.4 Å². The van der Waals surface area contributed by atoms with Crippen LogP contribution in [-0.4, -0.2) is 49.6 Å². The first kappa shape index (κ1) is 21.4. The van der Waals surface area contributed by atoms with E-state index in [4.69, 9.17) is 9.47 Å². The zero-order valence-electron chi connectivity index (χ0n) is 17.8. The molecule has 7 nitrogen and oxygen atoms in total. The lowest BCUT2D eigenvalue weighted by Crippen LogP contribution is -2.39. The van der Waals surface area contributed by atoms with Crippen LogP contribution in [0.5, 0.6) is 11.5 Å². The Morgan fingerprint density at radius 1 is 1.03 bits per heavy atom. The molecule has 0 amide bonds. The lowest BCUT2D eigenvalue weighted by atomic mass is 9.98. The van der Waals surface area contributed by atoms with Gasteiger partial charge in [0.2, 0.25) is 10.0 Å². The van der Waals surface area contributed by atoms with Crippen molar-refractivity contribution in [2.75, 3.05) is 27.3 Å². The van der Waals surface area contributed by atoms with E-state index in [9.17, 15) is 8.42 Å². The molecule has 0 saturated carbocycles. The van der Waals surface area contributed by atoms with Gasteiger partial charge in [-0.15, -0.1) is 0 Å². The number of imidazole rings is 1. The van der Waals surface area contributed by atoms with Gasteiger partial charge in [-0.2, -0.15) is 4.31 Å². The zero-order valence-corrected chi connectivity index (χ0v) is 18.6. The van der Waals surface area contributed by atoms with Crippen molar-refractivity contribution in [2.24, 2.45) is 5.92 Å². The largest absolute Gasteiger partial charge is 0.497 e. The second-order valence-corrected chi connectivity index (χ2v) is 9.54. The van der Waals surface area contributed by atoms with E-state index >= 15 is 0 Å². The monoisotopic (exact) mass is 441 g/mol.